The van der Waals surface area contributed by atoms with Gasteiger partial charge in [0.2, 0.25) is 0 Å². The van der Waals surface area contributed by atoms with Crippen LogP contribution in [0, 0.1) is 0 Å². The number of benzene rings is 1. The summed E-state index contributed by atoms with van der Waals surface area (Å²) in [5, 5.41) is 9.13. The smallest absolute Gasteiger partial charge is 0.325 e. The first kappa shape index (κ1) is 12.7. The molecule has 1 unspecified atom stereocenters. The van der Waals surface area contributed by atoms with Crippen LogP contribution in [0.4, 0.5) is 0 Å². The molecule has 0 amide bonds. The van der Waals surface area contributed by atoms with Gasteiger partial charge in [-0.1, -0.05) is 37.6 Å². The molecule has 0 aliphatic rings. The third-order valence-corrected chi connectivity index (χ3v) is 2.58. The van der Waals surface area contributed by atoms with Crippen molar-refractivity contribution in [3.8, 4) is 0 Å². The van der Waals surface area contributed by atoms with E-state index in [1.54, 1.807) is 19.0 Å². The van der Waals surface area contributed by atoms with Gasteiger partial charge in [-0.15, -0.1) is 0 Å². The van der Waals surface area contributed by atoms with Crippen molar-refractivity contribution in [2.75, 3.05) is 14.1 Å². The number of aryl methyl sites for hydroxylation is 1. The predicted molar refractivity (Wildman–Crippen MR) is 64.5 cm³/mol. The van der Waals surface area contributed by atoms with Crippen molar-refractivity contribution in [2.24, 2.45) is 0 Å². The predicted octanol–water partition coefficient (Wildman–Crippen LogP) is 2.33. The van der Waals surface area contributed by atoms with Gasteiger partial charge in [-0.05, 0) is 31.6 Å². The first-order valence-electron chi connectivity index (χ1n) is 5.54. The maximum absolute atomic E-state index is 11.1. The van der Waals surface area contributed by atoms with E-state index in [4.69, 9.17) is 5.11 Å². The third-order valence-electron chi connectivity index (χ3n) is 2.58. The molecule has 0 saturated carbocycles. The maximum atomic E-state index is 11.1. The molecule has 0 aliphatic heterocycles. The summed E-state index contributed by atoms with van der Waals surface area (Å²) < 4.78 is 0. The van der Waals surface area contributed by atoms with E-state index in [1.165, 1.54) is 5.56 Å². The van der Waals surface area contributed by atoms with Crippen molar-refractivity contribution in [3.63, 3.8) is 0 Å². The molecule has 0 aliphatic carbocycles. The Morgan fingerprint density at radius 2 is 1.88 bits per heavy atom. The molecule has 3 heteroatoms. The largest absolute Gasteiger partial charge is 0.480 e. The van der Waals surface area contributed by atoms with Gasteiger partial charge in [-0.25, -0.2) is 0 Å². The van der Waals surface area contributed by atoms with Crippen LogP contribution in [0.15, 0.2) is 24.3 Å². The number of nitrogens with zero attached hydrogens (tertiary/aromatic N) is 1. The fourth-order valence-electron chi connectivity index (χ4n) is 1.82. The summed E-state index contributed by atoms with van der Waals surface area (Å²) in [6.07, 6.45) is 2.15. The van der Waals surface area contributed by atoms with Crippen molar-refractivity contribution in [1.82, 2.24) is 4.90 Å². The SMILES string of the molecule is CCCc1ccc(C(C(=O)O)N(C)C)cc1. The van der Waals surface area contributed by atoms with Gasteiger partial charge in [-0.3, -0.25) is 9.69 Å². The van der Waals surface area contributed by atoms with E-state index in [2.05, 4.69) is 6.92 Å². The second-order valence-corrected chi connectivity index (χ2v) is 4.20. The molecule has 1 N–H and O–H groups in total. The lowest BCUT2D eigenvalue weighted by Crippen LogP contribution is -2.27. The van der Waals surface area contributed by atoms with Gasteiger partial charge in [0.1, 0.15) is 6.04 Å². The lowest BCUT2D eigenvalue weighted by Gasteiger charge is -2.20. The zero-order valence-electron chi connectivity index (χ0n) is 10.1. The van der Waals surface area contributed by atoms with Crippen molar-refractivity contribution >= 4 is 5.97 Å². The van der Waals surface area contributed by atoms with E-state index in [-0.39, 0.29) is 0 Å². The van der Waals surface area contributed by atoms with Gasteiger partial charge >= 0.3 is 5.97 Å². The average Bonchev–Trinajstić information content (AvgIpc) is 2.20. The van der Waals surface area contributed by atoms with Crippen LogP contribution in [0.2, 0.25) is 0 Å². The maximum Gasteiger partial charge on any atom is 0.325 e. The minimum atomic E-state index is -0.812. The minimum Gasteiger partial charge on any atom is -0.480 e. The molecule has 1 aromatic rings. The number of carboxylic acids is 1. The lowest BCUT2D eigenvalue weighted by molar-refractivity contribution is -0.142. The molecule has 0 fully saturated rings. The second-order valence-electron chi connectivity index (χ2n) is 4.20. The monoisotopic (exact) mass is 221 g/mol. The summed E-state index contributed by atoms with van der Waals surface area (Å²) >= 11 is 0. The molecule has 0 saturated heterocycles. The van der Waals surface area contributed by atoms with Crippen molar-refractivity contribution in [3.05, 3.63) is 35.4 Å². The van der Waals surface area contributed by atoms with Gasteiger partial charge in [-0.2, -0.15) is 0 Å². The van der Waals surface area contributed by atoms with Crippen LogP contribution in [0.25, 0.3) is 0 Å². The molecule has 0 bridgehead atoms. The zero-order valence-corrected chi connectivity index (χ0v) is 10.1. The van der Waals surface area contributed by atoms with Crippen molar-refractivity contribution < 1.29 is 9.90 Å². The Balaban J connectivity index is 2.90. The van der Waals surface area contributed by atoms with E-state index in [0.29, 0.717) is 0 Å². The van der Waals surface area contributed by atoms with E-state index in [9.17, 15) is 4.79 Å². The van der Waals surface area contributed by atoms with Gasteiger partial charge < -0.3 is 5.11 Å². The molecule has 3 nitrogen and oxygen atoms in total. The van der Waals surface area contributed by atoms with Gasteiger partial charge in [0.25, 0.3) is 0 Å². The molecular weight excluding hydrogens is 202 g/mol. The molecule has 1 aromatic carbocycles. The Bertz CT molecular complexity index is 343. The Labute approximate surface area is 96.7 Å². The molecule has 0 spiro atoms. The quantitative estimate of drug-likeness (QED) is 0.829. The number of rotatable bonds is 5. The zero-order chi connectivity index (χ0) is 12.1. The standard InChI is InChI=1S/C13H19NO2/c1-4-5-10-6-8-11(9-7-10)12(13(15)16)14(2)3/h6-9,12H,4-5H2,1-3H3,(H,15,16). The summed E-state index contributed by atoms with van der Waals surface area (Å²) in [6.45, 7) is 2.13. The Morgan fingerprint density at radius 1 is 1.31 bits per heavy atom. The summed E-state index contributed by atoms with van der Waals surface area (Å²) in [5.41, 5.74) is 2.09. The molecule has 1 rings (SSSR count). The van der Waals surface area contributed by atoms with Gasteiger partial charge in [0, 0.05) is 0 Å². The van der Waals surface area contributed by atoms with Crippen LogP contribution < -0.4 is 0 Å². The highest BCUT2D eigenvalue weighted by molar-refractivity contribution is 5.75. The Kier molecular flexibility index (Phi) is 4.50. The lowest BCUT2D eigenvalue weighted by atomic mass is 10.0. The fraction of sp³-hybridized carbons (Fsp3) is 0.462. The Morgan fingerprint density at radius 3 is 2.25 bits per heavy atom. The van der Waals surface area contributed by atoms with Crippen LogP contribution in [-0.2, 0) is 11.2 Å². The van der Waals surface area contributed by atoms with Gasteiger partial charge in [0.15, 0.2) is 0 Å². The van der Waals surface area contributed by atoms with Crippen LogP contribution in [0.5, 0.6) is 0 Å². The Hall–Kier alpha value is -1.35. The summed E-state index contributed by atoms with van der Waals surface area (Å²) in [5.74, 6) is -0.812. The number of hydrogen-bond acceptors (Lipinski definition) is 2. The normalized spacial score (nSPS) is 12.8. The first-order chi connectivity index (χ1) is 7.56. The van der Waals surface area contributed by atoms with Crippen LogP contribution in [0.1, 0.15) is 30.5 Å². The topological polar surface area (TPSA) is 40.5 Å². The first-order valence-corrected chi connectivity index (χ1v) is 5.54. The number of carbonyl (C=O) groups is 1. The highest BCUT2D eigenvalue weighted by Crippen LogP contribution is 2.19. The minimum absolute atomic E-state index is 0.560. The van der Waals surface area contributed by atoms with E-state index >= 15 is 0 Å². The van der Waals surface area contributed by atoms with Crippen molar-refractivity contribution in [1.29, 1.82) is 0 Å². The van der Waals surface area contributed by atoms with E-state index in [1.807, 2.05) is 24.3 Å². The highest BCUT2D eigenvalue weighted by atomic mass is 16.4. The fourth-order valence-corrected chi connectivity index (χ4v) is 1.82. The number of hydrogen-bond donors (Lipinski definition) is 1. The molecule has 88 valence electrons. The van der Waals surface area contributed by atoms with Gasteiger partial charge in [0.05, 0.1) is 0 Å². The molecule has 16 heavy (non-hydrogen) atoms. The molecule has 0 aromatic heterocycles. The number of likely N-dealkylation sites (N-methyl/N-ethyl adjacent to an activating group) is 1. The summed E-state index contributed by atoms with van der Waals surface area (Å²) in [4.78, 5) is 12.8. The molecule has 0 heterocycles. The molecular formula is C13H19NO2. The third kappa shape index (κ3) is 3.07. The average molecular weight is 221 g/mol. The van der Waals surface area contributed by atoms with E-state index < -0.39 is 12.0 Å². The molecule has 0 radical (unpaired) electrons. The number of carboxylic acid groups (broad SMARTS) is 1. The van der Waals surface area contributed by atoms with Crippen LogP contribution in [0.3, 0.4) is 0 Å². The highest BCUT2D eigenvalue weighted by Gasteiger charge is 2.21. The second kappa shape index (κ2) is 5.66. The van der Waals surface area contributed by atoms with Crippen LogP contribution in [-0.4, -0.2) is 30.1 Å². The molecule has 1 atom stereocenters. The summed E-state index contributed by atoms with van der Waals surface area (Å²) in [7, 11) is 3.55. The summed E-state index contributed by atoms with van der Waals surface area (Å²) in [6, 6.07) is 7.28. The number of aliphatic carboxylic acids is 1. The van der Waals surface area contributed by atoms with Crippen LogP contribution >= 0.6 is 0 Å². The van der Waals surface area contributed by atoms with Crippen molar-refractivity contribution in [2.45, 2.75) is 25.8 Å². The van der Waals surface area contributed by atoms with E-state index in [0.717, 1.165) is 18.4 Å².